The fourth-order valence-corrected chi connectivity index (χ4v) is 5.23. The van der Waals surface area contributed by atoms with Crippen molar-refractivity contribution in [2.75, 3.05) is 13.1 Å². The number of nitriles is 1. The maximum atomic E-state index is 13.8. The highest BCUT2D eigenvalue weighted by Gasteiger charge is 2.29. The molecule has 6 rings (SSSR count). The molecule has 5 aromatic rings. The van der Waals surface area contributed by atoms with Gasteiger partial charge in [-0.2, -0.15) is 5.26 Å². The second-order valence-corrected chi connectivity index (χ2v) is 9.51. The molecule has 1 atom stereocenters. The molecule has 0 spiro atoms. The zero-order valence-electron chi connectivity index (χ0n) is 20.6. The number of rotatable bonds is 5. The molecule has 37 heavy (non-hydrogen) atoms. The molecule has 4 heterocycles. The standard InChI is InChI=1S/C30H26N6O/c1-21-4-2-15-32-27(21)20-34-17-14-26(19-34)36-29-28(5-3-16-33-29)35(30(36)37)25-12-10-24(11-13-25)23-8-6-22(18-31)7-9-23/h2-13,15-16,26H,14,17,19-20H2,1H3/t26-/m0/s1. The number of aryl methyl sites for hydroxylation is 1. The van der Waals surface area contributed by atoms with Crippen LogP contribution in [0.1, 0.15) is 29.3 Å². The average molecular weight is 487 g/mol. The average Bonchev–Trinajstić information content (AvgIpc) is 3.51. The van der Waals surface area contributed by atoms with Crippen LogP contribution in [0.5, 0.6) is 0 Å². The first-order chi connectivity index (χ1) is 18.1. The van der Waals surface area contributed by atoms with Crippen molar-refractivity contribution in [2.45, 2.75) is 25.9 Å². The quantitative estimate of drug-likeness (QED) is 0.354. The lowest BCUT2D eigenvalue weighted by molar-refractivity contribution is 0.311. The lowest BCUT2D eigenvalue weighted by atomic mass is 10.0. The number of imidazole rings is 1. The first-order valence-corrected chi connectivity index (χ1v) is 12.4. The summed E-state index contributed by atoms with van der Waals surface area (Å²) in [5.74, 6) is 0. The number of benzene rings is 2. The number of likely N-dealkylation sites (tertiary alicyclic amines) is 1. The monoisotopic (exact) mass is 486 g/mol. The van der Waals surface area contributed by atoms with Gasteiger partial charge in [-0.15, -0.1) is 0 Å². The summed E-state index contributed by atoms with van der Waals surface area (Å²) < 4.78 is 3.63. The highest BCUT2D eigenvalue weighted by Crippen LogP contribution is 2.27. The van der Waals surface area contributed by atoms with Crippen LogP contribution in [0, 0.1) is 18.3 Å². The molecule has 3 aromatic heterocycles. The minimum Gasteiger partial charge on any atom is -0.295 e. The number of pyridine rings is 2. The van der Waals surface area contributed by atoms with Crippen molar-refractivity contribution in [3.05, 3.63) is 112 Å². The Morgan fingerprint density at radius 2 is 1.65 bits per heavy atom. The van der Waals surface area contributed by atoms with E-state index in [9.17, 15) is 4.79 Å². The summed E-state index contributed by atoms with van der Waals surface area (Å²) >= 11 is 0. The summed E-state index contributed by atoms with van der Waals surface area (Å²) in [5.41, 5.74) is 7.20. The predicted molar refractivity (Wildman–Crippen MR) is 143 cm³/mol. The van der Waals surface area contributed by atoms with Crippen molar-refractivity contribution in [1.82, 2.24) is 24.0 Å². The molecule has 0 radical (unpaired) electrons. The predicted octanol–water partition coefficient (Wildman–Crippen LogP) is 4.88. The lowest BCUT2D eigenvalue weighted by Gasteiger charge is -2.17. The fourth-order valence-electron chi connectivity index (χ4n) is 5.23. The highest BCUT2D eigenvalue weighted by atomic mass is 16.2. The fraction of sp³-hybridized carbons (Fsp3) is 0.200. The van der Waals surface area contributed by atoms with Gasteiger partial charge >= 0.3 is 5.69 Å². The van der Waals surface area contributed by atoms with Crippen LogP contribution in [-0.2, 0) is 6.54 Å². The third-order valence-electron chi connectivity index (χ3n) is 7.21. The van der Waals surface area contributed by atoms with Gasteiger partial charge < -0.3 is 0 Å². The number of hydrogen-bond donors (Lipinski definition) is 0. The molecule has 0 amide bonds. The van der Waals surface area contributed by atoms with Crippen LogP contribution in [-0.4, -0.2) is 37.1 Å². The maximum absolute atomic E-state index is 13.8. The van der Waals surface area contributed by atoms with Crippen LogP contribution < -0.4 is 5.69 Å². The Bertz CT molecular complexity index is 1680. The molecule has 1 aliphatic heterocycles. The minimum atomic E-state index is -0.0688. The molecule has 0 unspecified atom stereocenters. The number of fused-ring (bicyclic) bond motifs is 1. The second-order valence-electron chi connectivity index (χ2n) is 9.51. The third kappa shape index (κ3) is 4.22. The van der Waals surface area contributed by atoms with Gasteiger partial charge in [0, 0.05) is 32.0 Å². The summed E-state index contributed by atoms with van der Waals surface area (Å²) in [4.78, 5) is 25.4. The van der Waals surface area contributed by atoms with E-state index in [0.29, 0.717) is 11.2 Å². The smallest absolute Gasteiger partial charge is 0.295 e. The minimum absolute atomic E-state index is 0.0492. The van der Waals surface area contributed by atoms with Gasteiger partial charge in [0.05, 0.1) is 34.6 Å². The highest BCUT2D eigenvalue weighted by molar-refractivity contribution is 5.75. The van der Waals surface area contributed by atoms with Crippen molar-refractivity contribution < 1.29 is 0 Å². The van der Waals surface area contributed by atoms with Gasteiger partial charge in [-0.1, -0.05) is 30.3 Å². The zero-order valence-corrected chi connectivity index (χ0v) is 20.6. The molecule has 182 valence electrons. The van der Waals surface area contributed by atoms with Crippen molar-refractivity contribution in [2.24, 2.45) is 0 Å². The Hall–Kier alpha value is -4.54. The van der Waals surface area contributed by atoms with E-state index in [1.165, 1.54) is 5.56 Å². The Morgan fingerprint density at radius 3 is 2.38 bits per heavy atom. The molecule has 1 aliphatic rings. The van der Waals surface area contributed by atoms with Crippen LogP contribution in [0.2, 0.25) is 0 Å². The normalized spacial score (nSPS) is 15.7. The molecule has 0 N–H and O–H groups in total. The largest absolute Gasteiger partial charge is 0.335 e. The molecular formula is C30H26N6O. The van der Waals surface area contributed by atoms with Gasteiger partial charge in [0.25, 0.3) is 0 Å². The first-order valence-electron chi connectivity index (χ1n) is 12.4. The number of aromatic nitrogens is 4. The molecule has 7 nitrogen and oxygen atoms in total. The van der Waals surface area contributed by atoms with E-state index in [2.05, 4.69) is 33.9 Å². The molecule has 0 aliphatic carbocycles. The SMILES string of the molecule is Cc1cccnc1CN1CC[C@H](n2c(=O)n(-c3ccc(-c4ccc(C#N)cc4)cc3)c3cccnc32)C1. The van der Waals surface area contributed by atoms with Crippen LogP contribution in [0.3, 0.4) is 0 Å². The molecule has 7 heteroatoms. The zero-order chi connectivity index (χ0) is 25.4. The van der Waals surface area contributed by atoms with Gasteiger partial charge in [0.15, 0.2) is 5.65 Å². The van der Waals surface area contributed by atoms with Crippen LogP contribution >= 0.6 is 0 Å². The van der Waals surface area contributed by atoms with Gasteiger partial charge in [0.1, 0.15) is 0 Å². The van der Waals surface area contributed by atoms with E-state index >= 15 is 0 Å². The van der Waals surface area contributed by atoms with Crippen molar-refractivity contribution in [3.8, 4) is 22.9 Å². The lowest BCUT2D eigenvalue weighted by Crippen LogP contribution is -2.29. The molecule has 1 fully saturated rings. The molecule has 0 saturated carbocycles. The topological polar surface area (TPSA) is 79.7 Å². The van der Waals surface area contributed by atoms with Gasteiger partial charge in [-0.05, 0) is 72.5 Å². The summed E-state index contributed by atoms with van der Waals surface area (Å²) in [6.07, 6.45) is 4.48. The Kier molecular flexibility index (Phi) is 5.87. The van der Waals surface area contributed by atoms with Crippen molar-refractivity contribution in [1.29, 1.82) is 5.26 Å². The van der Waals surface area contributed by atoms with E-state index < -0.39 is 0 Å². The van der Waals surface area contributed by atoms with E-state index in [1.807, 2.05) is 77.5 Å². The molecular weight excluding hydrogens is 460 g/mol. The maximum Gasteiger partial charge on any atom is 0.335 e. The summed E-state index contributed by atoms with van der Waals surface area (Å²) in [6.45, 7) is 4.56. The van der Waals surface area contributed by atoms with E-state index in [0.717, 1.165) is 54.1 Å². The second kappa shape index (κ2) is 9.49. The van der Waals surface area contributed by atoms with Crippen molar-refractivity contribution >= 4 is 11.2 Å². The summed E-state index contributed by atoms with van der Waals surface area (Å²) in [7, 11) is 0. The van der Waals surface area contributed by atoms with Gasteiger partial charge in [-0.3, -0.25) is 19.0 Å². The summed E-state index contributed by atoms with van der Waals surface area (Å²) in [6, 6.07) is 25.5. The van der Waals surface area contributed by atoms with Crippen LogP contribution in [0.25, 0.3) is 28.0 Å². The Balaban J connectivity index is 1.32. The Morgan fingerprint density at radius 1 is 0.946 bits per heavy atom. The number of hydrogen-bond acceptors (Lipinski definition) is 5. The van der Waals surface area contributed by atoms with Crippen LogP contribution in [0.15, 0.2) is 90.0 Å². The van der Waals surface area contributed by atoms with E-state index in [1.54, 1.807) is 10.8 Å². The van der Waals surface area contributed by atoms with E-state index in [-0.39, 0.29) is 11.7 Å². The molecule has 0 bridgehead atoms. The summed E-state index contributed by atoms with van der Waals surface area (Å²) in [5, 5.41) is 9.05. The van der Waals surface area contributed by atoms with E-state index in [4.69, 9.17) is 5.26 Å². The Labute approximate surface area is 214 Å². The van der Waals surface area contributed by atoms with Crippen LogP contribution in [0.4, 0.5) is 0 Å². The first kappa shape index (κ1) is 22.9. The third-order valence-corrected chi connectivity index (χ3v) is 7.21. The molecule has 2 aromatic carbocycles. The van der Waals surface area contributed by atoms with Gasteiger partial charge in [0.2, 0.25) is 0 Å². The van der Waals surface area contributed by atoms with Crippen molar-refractivity contribution in [3.63, 3.8) is 0 Å². The number of nitrogens with zero attached hydrogens (tertiary/aromatic N) is 6. The molecule has 1 saturated heterocycles. The van der Waals surface area contributed by atoms with Gasteiger partial charge in [-0.25, -0.2) is 9.78 Å².